The zero-order chi connectivity index (χ0) is 11.3. The van der Waals surface area contributed by atoms with E-state index in [1.165, 1.54) is 12.8 Å². The molecule has 15 heavy (non-hydrogen) atoms. The summed E-state index contributed by atoms with van der Waals surface area (Å²) in [6.07, 6.45) is 3.53. The van der Waals surface area contributed by atoms with E-state index < -0.39 is 0 Å². The van der Waals surface area contributed by atoms with Crippen molar-refractivity contribution in [2.24, 2.45) is 0 Å². The van der Waals surface area contributed by atoms with Crippen molar-refractivity contribution in [3.8, 4) is 0 Å². The molecule has 0 saturated heterocycles. The highest BCUT2D eigenvalue weighted by Gasteiger charge is 2.15. The van der Waals surface area contributed by atoms with Crippen LogP contribution in [0.2, 0.25) is 0 Å². The lowest BCUT2D eigenvalue weighted by Gasteiger charge is -2.15. The summed E-state index contributed by atoms with van der Waals surface area (Å²) in [4.78, 5) is 11.3. The highest BCUT2D eigenvalue weighted by atomic mass is 32.1. The van der Waals surface area contributed by atoms with E-state index in [9.17, 15) is 4.79 Å². The smallest absolute Gasteiger partial charge is 0.223 e. The maximum atomic E-state index is 11.3. The van der Waals surface area contributed by atoms with Gasteiger partial charge in [0.15, 0.2) is 0 Å². The summed E-state index contributed by atoms with van der Waals surface area (Å²) in [5.41, 5.74) is 1.48. The van der Waals surface area contributed by atoms with Crippen molar-refractivity contribution < 1.29 is 0 Å². The molecule has 0 fully saturated rings. The first kappa shape index (κ1) is 12.2. The van der Waals surface area contributed by atoms with Gasteiger partial charge in [-0.15, -0.1) is 0 Å². The van der Waals surface area contributed by atoms with Crippen LogP contribution in [0.4, 0.5) is 11.4 Å². The standard InChI is InChI=1S/C11H18N2OS/c1-3-5-6-7-13-9-8(12-4-2)10(14)11(9)15/h12-13H,3-7H2,1-2H3. The Morgan fingerprint density at radius 3 is 2.47 bits per heavy atom. The fourth-order valence-corrected chi connectivity index (χ4v) is 1.77. The van der Waals surface area contributed by atoms with E-state index in [4.69, 9.17) is 12.2 Å². The lowest BCUT2D eigenvalue weighted by molar-refractivity contribution is 0.743. The van der Waals surface area contributed by atoms with Gasteiger partial charge >= 0.3 is 0 Å². The fraction of sp³-hybridized carbons (Fsp3) is 0.636. The average molecular weight is 226 g/mol. The Morgan fingerprint density at radius 1 is 1.13 bits per heavy atom. The Bertz CT molecular complexity index is 380. The Hall–Kier alpha value is -0.900. The molecule has 1 rings (SSSR count). The predicted octanol–water partition coefficient (Wildman–Crippen LogP) is 2.69. The maximum absolute atomic E-state index is 11.3. The summed E-state index contributed by atoms with van der Waals surface area (Å²) < 4.78 is 0.447. The molecule has 0 heterocycles. The van der Waals surface area contributed by atoms with Crippen LogP contribution in [0.15, 0.2) is 4.79 Å². The topological polar surface area (TPSA) is 41.1 Å². The van der Waals surface area contributed by atoms with Gasteiger partial charge in [0.25, 0.3) is 0 Å². The van der Waals surface area contributed by atoms with Crippen LogP contribution in [-0.2, 0) is 0 Å². The summed E-state index contributed by atoms with van der Waals surface area (Å²) in [6, 6.07) is 0. The highest BCUT2D eigenvalue weighted by molar-refractivity contribution is 7.71. The van der Waals surface area contributed by atoms with Gasteiger partial charge in [-0.05, 0) is 13.3 Å². The maximum Gasteiger partial charge on any atom is 0.223 e. The molecule has 0 unspecified atom stereocenters. The van der Waals surface area contributed by atoms with Crippen LogP contribution >= 0.6 is 12.2 Å². The van der Waals surface area contributed by atoms with Crippen LogP contribution in [0, 0.1) is 4.51 Å². The molecular formula is C11H18N2OS. The number of nitrogens with one attached hydrogen (secondary N) is 2. The van der Waals surface area contributed by atoms with E-state index in [1.54, 1.807) is 0 Å². The molecule has 0 spiro atoms. The van der Waals surface area contributed by atoms with E-state index in [2.05, 4.69) is 17.6 Å². The third-order valence-corrected chi connectivity index (χ3v) is 2.74. The molecule has 0 aromatic heterocycles. The lowest BCUT2D eigenvalue weighted by atomic mass is 10.2. The largest absolute Gasteiger partial charge is 0.382 e. The summed E-state index contributed by atoms with van der Waals surface area (Å²) >= 11 is 4.99. The number of unbranched alkanes of at least 4 members (excludes halogenated alkanes) is 2. The molecule has 0 amide bonds. The highest BCUT2D eigenvalue weighted by Crippen LogP contribution is 2.22. The minimum atomic E-state index is -0.0233. The molecule has 2 N–H and O–H groups in total. The first-order valence-corrected chi connectivity index (χ1v) is 5.94. The Kier molecular flexibility index (Phi) is 4.75. The average Bonchev–Trinajstić information content (AvgIpc) is 2.26. The summed E-state index contributed by atoms with van der Waals surface area (Å²) in [5.74, 6) is 0. The van der Waals surface area contributed by atoms with Gasteiger partial charge in [0.05, 0.1) is 5.69 Å². The molecule has 0 aliphatic carbocycles. The summed E-state index contributed by atoms with van der Waals surface area (Å²) in [6.45, 7) is 5.78. The van der Waals surface area contributed by atoms with Crippen LogP contribution in [0.25, 0.3) is 0 Å². The molecule has 1 aromatic rings. The third-order valence-electron chi connectivity index (χ3n) is 2.35. The van der Waals surface area contributed by atoms with Crippen LogP contribution in [0.3, 0.4) is 0 Å². The third kappa shape index (κ3) is 2.78. The minimum absolute atomic E-state index is 0.0233. The van der Waals surface area contributed by atoms with E-state index in [0.717, 1.165) is 25.2 Å². The van der Waals surface area contributed by atoms with Crippen molar-refractivity contribution in [2.75, 3.05) is 23.7 Å². The molecule has 1 aromatic carbocycles. The van der Waals surface area contributed by atoms with Crippen LogP contribution < -0.4 is 16.1 Å². The molecule has 0 radical (unpaired) electrons. The van der Waals surface area contributed by atoms with Crippen molar-refractivity contribution in [1.29, 1.82) is 0 Å². The molecule has 0 atom stereocenters. The van der Waals surface area contributed by atoms with Gasteiger partial charge in [-0.1, -0.05) is 32.0 Å². The molecule has 4 heteroatoms. The predicted molar refractivity (Wildman–Crippen MR) is 68.1 cm³/mol. The van der Waals surface area contributed by atoms with Crippen LogP contribution in [0.1, 0.15) is 33.1 Å². The monoisotopic (exact) mass is 226 g/mol. The number of hydrogen-bond donors (Lipinski definition) is 2. The molecular weight excluding hydrogens is 208 g/mol. The van der Waals surface area contributed by atoms with E-state index >= 15 is 0 Å². The van der Waals surface area contributed by atoms with Crippen molar-refractivity contribution in [3.05, 3.63) is 14.7 Å². The first-order chi connectivity index (χ1) is 7.22. The SMILES string of the molecule is CCCCCNc1c(NCC)c(=O)c1=S. The van der Waals surface area contributed by atoms with Gasteiger partial charge in [0.2, 0.25) is 5.43 Å². The van der Waals surface area contributed by atoms with Crippen molar-refractivity contribution in [1.82, 2.24) is 0 Å². The minimum Gasteiger partial charge on any atom is -0.382 e. The number of hydrogen-bond acceptors (Lipinski definition) is 4. The molecule has 0 aliphatic heterocycles. The second-order valence-electron chi connectivity index (χ2n) is 3.57. The lowest BCUT2D eigenvalue weighted by Crippen LogP contribution is -2.21. The van der Waals surface area contributed by atoms with Crippen LogP contribution in [0.5, 0.6) is 0 Å². The van der Waals surface area contributed by atoms with Crippen molar-refractivity contribution >= 4 is 23.6 Å². The molecule has 0 bridgehead atoms. The molecule has 0 aliphatic rings. The van der Waals surface area contributed by atoms with Gasteiger partial charge in [-0.25, -0.2) is 0 Å². The first-order valence-electron chi connectivity index (χ1n) is 5.53. The van der Waals surface area contributed by atoms with E-state index in [0.29, 0.717) is 10.2 Å². The number of anilines is 2. The second-order valence-corrected chi connectivity index (χ2v) is 3.98. The summed E-state index contributed by atoms with van der Waals surface area (Å²) in [5, 5.41) is 6.26. The van der Waals surface area contributed by atoms with Gasteiger partial charge in [0.1, 0.15) is 10.2 Å². The van der Waals surface area contributed by atoms with Crippen LogP contribution in [-0.4, -0.2) is 13.1 Å². The van der Waals surface area contributed by atoms with Gasteiger partial charge < -0.3 is 10.6 Å². The Morgan fingerprint density at radius 2 is 1.87 bits per heavy atom. The Labute approximate surface area is 95.6 Å². The molecule has 84 valence electrons. The summed E-state index contributed by atoms with van der Waals surface area (Å²) in [7, 11) is 0. The molecule has 3 nitrogen and oxygen atoms in total. The zero-order valence-electron chi connectivity index (χ0n) is 9.35. The molecule has 0 saturated carbocycles. The normalized spacial score (nSPS) is 10.5. The fourth-order valence-electron chi connectivity index (χ4n) is 1.49. The zero-order valence-corrected chi connectivity index (χ0v) is 10.2. The van der Waals surface area contributed by atoms with Gasteiger partial charge in [-0.2, -0.15) is 0 Å². The van der Waals surface area contributed by atoms with Gasteiger partial charge in [0, 0.05) is 13.1 Å². The Balaban J connectivity index is 2.50. The van der Waals surface area contributed by atoms with Gasteiger partial charge in [-0.3, -0.25) is 4.79 Å². The van der Waals surface area contributed by atoms with E-state index in [1.807, 2.05) is 6.92 Å². The van der Waals surface area contributed by atoms with Crippen molar-refractivity contribution in [3.63, 3.8) is 0 Å². The van der Waals surface area contributed by atoms with E-state index in [-0.39, 0.29) is 5.43 Å². The second kappa shape index (κ2) is 5.85. The number of rotatable bonds is 7. The van der Waals surface area contributed by atoms with Crippen molar-refractivity contribution in [2.45, 2.75) is 33.1 Å². The quantitative estimate of drug-likeness (QED) is 0.554.